The molecule has 4 nitrogen and oxygen atoms in total. The van der Waals surface area contributed by atoms with Crippen molar-refractivity contribution in [1.82, 2.24) is 4.98 Å². The normalized spacial score (nSPS) is 11.4. The Balaban J connectivity index is 2.86. The number of aromatic nitrogens is 1. The molecule has 1 aromatic heterocycles. The fourth-order valence-electron chi connectivity index (χ4n) is 1.10. The van der Waals surface area contributed by atoms with Gasteiger partial charge in [-0.2, -0.15) is 0 Å². The predicted molar refractivity (Wildman–Crippen MR) is 70.7 cm³/mol. The molecule has 1 rings (SSSR count). The summed E-state index contributed by atoms with van der Waals surface area (Å²) in [6.45, 7) is 5.98. The van der Waals surface area contributed by atoms with Gasteiger partial charge in [0.1, 0.15) is 5.82 Å². The summed E-state index contributed by atoms with van der Waals surface area (Å²) in [6, 6.07) is 3.60. The molecule has 1 heterocycles. The molecule has 0 atom stereocenters. The highest BCUT2D eigenvalue weighted by Gasteiger charge is 2.21. The van der Waals surface area contributed by atoms with Crippen LogP contribution < -0.4 is 5.32 Å². The maximum Gasteiger partial charge on any atom is 0.230 e. The summed E-state index contributed by atoms with van der Waals surface area (Å²) in [5.74, 6) is 0.482. The standard InChI is InChI=1S/C12H17BrN2O2/c1-12(2,3)11(16)15-10-6-5-8(13)9(14-10)7-17-4/h5-6H,7H2,1-4H3,(H,14,15,16). The van der Waals surface area contributed by atoms with Crippen molar-refractivity contribution in [2.75, 3.05) is 12.4 Å². The van der Waals surface area contributed by atoms with Crippen molar-refractivity contribution in [3.63, 3.8) is 0 Å². The van der Waals surface area contributed by atoms with Gasteiger partial charge in [0.2, 0.25) is 5.91 Å². The lowest BCUT2D eigenvalue weighted by molar-refractivity contribution is -0.123. The monoisotopic (exact) mass is 300 g/mol. The Bertz CT molecular complexity index is 413. The maximum absolute atomic E-state index is 11.8. The van der Waals surface area contributed by atoms with Gasteiger partial charge in [-0.3, -0.25) is 4.79 Å². The number of amides is 1. The highest BCUT2D eigenvalue weighted by Crippen LogP contribution is 2.20. The number of rotatable bonds is 3. The molecule has 0 aliphatic heterocycles. The summed E-state index contributed by atoms with van der Waals surface area (Å²) in [4.78, 5) is 16.1. The third-order valence-electron chi connectivity index (χ3n) is 2.12. The minimum atomic E-state index is -0.434. The first-order valence-corrected chi connectivity index (χ1v) is 6.09. The van der Waals surface area contributed by atoms with Gasteiger partial charge in [0.25, 0.3) is 0 Å². The molecule has 0 unspecified atom stereocenters. The Hall–Kier alpha value is -0.940. The third-order valence-corrected chi connectivity index (χ3v) is 2.84. The number of hydrogen-bond acceptors (Lipinski definition) is 3. The summed E-state index contributed by atoms with van der Waals surface area (Å²) in [5.41, 5.74) is 0.329. The Kier molecular flexibility index (Phi) is 4.65. The van der Waals surface area contributed by atoms with Crippen LogP contribution in [0.5, 0.6) is 0 Å². The quantitative estimate of drug-likeness (QED) is 0.934. The van der Waals surface area contributed by atoms with Crippen molar-refractivity contribution in [2.45, 2.75) is 27.4 Å². The van der Waals surface area contributed by atoms with Gasteiger partial charge in [0.05, 0.1) is 12.3 Å². The number of nitrogens with one attached hydrogen (secondary N) is 1. The number of ether oxygens (including phenoxy) is 1. The summed E-state index contributed by atoms with van der Waals surface area (Å²) in [5, 5.41) is 2.78. The van der Waals surface area contributed by atoms with Gasteiger partial charge in [-0.05, 0) is 28.1 Å². The van der Waals surface area contributed by atoms with Gasteiger partial charge in [-0.1, -0.05) is 20.8 Å². The zero-order valence-electron chi connectivity index (χ0n) is 10.5. The van der Waals surface area contributed by atoms with Crippen molar-refractivity contribution >= 4 is 27.7 Å². The molecule has 0 radical (unpaired) electrons. The highest BCUT2D eigenvalue weighted by molar-refractivity contribution is 9.10. The van der Waals surface area contributed by atoms with Gasteiger partial charge >= 0.3 is 0 Å². The molecule has 0 aliphatic rings. The molecular weight excluding hydrogens is 284 g/mol. The van der Waals surface area contributed by atoms with Crippen molar-refractivity contribution in [1.29, 1.82) is 0 Å². The van der Waals surface area contributed by atoms with Gasteiger partial charge in [-0.15, -0.1) is 0 Å². The van der Waals surface area contributed by atoms with Crippen LogP contribution in [0, 0.1) is 5.41 Å². The second kappa shape index (κ2) is 5.60. The molecule has 0 spiro atoms. The van der Waals surface area contributed by atoms with Crippen LogP contribution in [-0.2, 0) is 16.1 Å². The van der Waals surface area contributed by atoms with Crippen molar-refractivity contribution < 1.29 is 9.53 Å². The SMILES string of the molecule is COCc1nc(NC(=O)C(C)(C)C)ccc1Br. The molecule has 1 amide bonds. The van der Waals surface area contributed by atoms with Gasteiger partial charge < -0.3 is 10.1 Å². The Labute approximate surface area is 110 Å². The van der Waals surface area contributed by atoms with Crippen LogP contribution in [0.4, 0.5) is 5.82 Å². The molecule has 0 bridgehead atoms. The molecule has 17 heavy (non-hydrogen) atoms. The number of pyridine rings is 1. The van der Waals surface area contributed by atoms with E-state index in [2.05, 4.69) is 26.2 Å². The number of nitrogens with zero attached hydrogens (tertiary/aromatic N) is 1. The molecule has 5 heteroatoms. The van der Waals surface area contributed by atoms with E-state index in [4.69, 9.17) is 4.74 Å². The van der Waals surface area contributed by atoms with Crippen LogP contribution in [0.2, 0.25) is 0 Å². The second-order valence-electron chi connectivity index (χ2n) is 4.76. The van der Waals surface area contributed by atoms with Gasteiger partial charge in [-0.25, -0.2) is 4.98 Å². The zero-order valence-corrected chi connectivity index (χ0v) is 12.1. The molecule has 0 aliphatic carbocycles. The number of methoxy groups -OCH3 is 1. The number of anilines is 1. The number of carbonyl (C=O) groups is 1. The van der Waals surface area contributed by atoms with E-state index >= 15 is 0 Å². The molecule has 0 saturated carbocycles. The summed E-state index contributed by atoms with van der Waals surface area (Å²) < 4.78 is 5.90. The fourth-order valence-corrected chi connectivity index (χ4v) is 1.43. The van der Waals surface area contributed by atoms with Crippen LogP contribution >= 0.6 is 15.9 Å². The number of carbonyl (C=O) groups excluding carboxylic acids is 1. The first-order valence-electron chi connectivity index (χ1n) is 5.30. The van der Waals surface area contributed by atoms with Crippen molar-refractivity contribution in [3.05, 3.63) is 22.3 Å². The Morgan fingerprint density at radius 3 is 2.65 bits per heavy atom. The van der Waals surface area contributed by atoms with Crippen LogP contribution in [0.25, 0.3) is 0 Å². The summed E-state index contributed by atoms with van der Waals surface area (Å²) in [6.07, 6.45) is 0. The predicted octanol–water partition coefficient (Wildman–Crippen LogP) is 2.98. The highest BCUT2D eigenvalue weighted by atomic mass is 79.9. The average Bonchev–Trinajstić information content (AvgIpc) is 2.22. The first-order chi connectivity index (χ1) is 7.84. The van der Waals surface area contributed by atoms with Crippen molar-refractivity contribution in [3.8, 4) is 0 Å². The second-order valence-corrected chi connectivity index (χ2v) is 5.62. The Morgan fingerprint density at radius 2 is 2.12 bits per heavy atom. The van der Waals surface area contributed by atoms with E-state index in [0.717, 1.165) is 10.2 Å². The van der Waals surface area contributed by atoms with E-state index in [1.54, 1.807) is 13.2 Å². The number of hydrogen-bond donors (Lipinski definition) is 1. The first kappa shape index (κ1) is 14.1. The summed E-state index contributed by atoms with van der Waals surface area (Å²) >= 11 is 3.38. The van der Waals surface area contributed by atoms with E-state index in [0.29, 0.717) is 12.4 Å². The molecule has 0 aromatic carbocycles. The third kappa shape index (κ3) is 4.09. The molecule has 0 saturated heterocycles. The smallest absolute Gasteiger partial charge is 0.230 e. The number of halogens is 1. The van der Waals surface area contributed by atoms with E-state index < -0.39 is 5.41 Å². The lowest BCUT2D eigenvalue weighted by atomic mass is 9.96. The van der Waals surface area contributed by atoms with Crippen LogP contribution in [0.1, 0.15) is 26.5 Å². The zero-order chi connectivity index (χ0) is 13.1. The van der Waals surface area contributed by atoms with Crippen LogP contribution in [0.15, 0.2) is 16.6 Å². The van der Waals surface area contributed by atoms with E-state index in [1.165, 1.54) is 0 Å². The van der Waals surface area contributed by atoms with Crippen molar-refractivity contribution in [2.24, 2.45) is 5.41 Å². The summed E-state index contributed by atoms with van der Waals surface area (Å²) in [7, 11) is 1.61. The van der Waals surface area contributed by atoms with E-state index in [9.17, 15) is 4.79 Å². The molecule has 0 fully saturated rings. The minimum absolute atomic E-state index is 0.0595. The Morgan fingerprint density at radius 1 is 1.47 bits per heavy atom. The van der Waals surface area contributed by atoms with E-state index in [1.807, 2.05) is 26.8 Å². The average molecular weight is 301 g/mol. The lowest BCUT2D eigenvalue weighted by Crippen LogP contribution is -2.28. The molecule has 1 N–H and O–H groups in total. The van der Waals surface area contributed by atoms with Crippen LogP contribution in [0.3, 0.4) is 0 Å². The van der Waals surface area contributed by atoms with E-state index in [-0.39, 0.29) is 5.91 Å². The lowest BCUT2D eigenvalue weighted by Gasteiger charge is -2.17. The minimum Gasteiger partial charge on any atom is -0.378 e. The molecule has 94 valence electrons. The molecule has 1 aromatic rings. The van der Waals surface area contributed by atoms with Gasteiger partial charge in [0, 0.05) is 17.0 Å². The largest absolute Gasteiger partial charge is 0.378 e. The fraction of sp³-hybridized carbons (Fsp3) is 0.500. The topological polar surface area (TPSA) is 51.2 Å². The maximum atomic E-state index is 11.8. The van der Waals surface area contributed by atoms with Gasteiger partial charge in [0.15, 0.2) is 0 Å². The van der Waals surface area contributed by atoms with Crippen LogP contribution in [-0.4, -0.2) is 18.0 Å². The molecular formula is C12H17BrN2O2.